The molecule has 1 fully saturated rings. The van der Waals surface area contributed by atoms with Gasteiger partial charge in [-0.25, -0.2) is 0 Å². The standard InChI is InChI=1S/C31H55NO10/c1-7-8-9-10-11-12-13-14-18-32-31(4)19-26(39-22(3)29(31)36)41-27(21(2)34)30(40-25(35)20-33)42-28-23(37-5)16-15-17-24(28)38-6/h15-17,21-22,25-27,29-30,32-36H,7-14,18-20H2,1-6H3. The van der Waals surface area contributed by atoms with Gasteiger partial charge in [0.25, 0.3) is 0 Å². The van der Waals surface area contributed by atoms with Gasteiger partial charge < -0.3 is 54.2 Å². The Labute approximate surface area is 251 Å². The predicted molar refractivity (Wildman–Crippen MR) is 159 cm³/mol. The van der Waals surface area contributed by atoms with E-state index >= 15 is 0 Å². The molecule has 0 bridgehead atoms. The molecule has 1 heterocycles. The number of methoxy groups -OCH3 is 2. The first-order valence-electron chi connectivity index (χ1n) is 15.3. The van der Waals surface area contributed by atoms with Crippen LogP contribution in [0.5, 0.6) is 17.2 Å². The third-order valence-electron chi connectivity index (χ3n) is 7.73. The average Bonchev–Trinajstić information content (AvgIpc) is 2.97. The van der Waals surface area contributed by atoms with Crippen LogP contribution in [0.15, 0.2) is 18.2 Å². The van der Waals surface area contributed by atoms with Gasteiger partial charge in [-0.1, -0.05) is 57.9 Å². The summed E-state index contributed by atoms with van der Waals surface area (Å²) in [6.45, 7) is 7.46. The summed E-state index contributed by atoms with van der Waals surface area (Å²) >= 11 is 0. The number of nitrogens with one attached hydrogen (secondary N) is 1. The Balaban J connectivity index is 2.13. The molecule has 0 radical (unpaired) electrons. The Hall–Kier alpha value is -1.70. The molecule has 1 aliphatic rings. The summed E-state index contributed by atoms with van der Waals surface area (Å²) in [4.78, 5) is 0. The minimum atomic E-state index is -1.62. The first-order chi connectivity index (χ1) is 20.1. The van der Waals surface area contributed by atoms with Crippen molar-refractivity contribution in [2.24, 2.45) is 0 Å². The van der Waals surface area contributed by atoms with Crippen LogP contribution in [-0.4, -0.2) is 96.6 Å². The van der Waals surface area contributed by atoms with Crippen LogP contribution < -0.4 is 19.5 Å². The van der Waals surface area contributed by atoms with Crippen LogP contribution in [0.3, 0.4) is 0 Å². The van der Waals surface area contributed by atoms with Crippen molar-refractivity contribution in [3.8, 4) is 17.2 Å². The van der Waals surface area contributed by atoms with Crippen LogP contribution >= 0.6 is 0 Å². The molecule has 1 saturated heterocycles. The summed E-state index contributed by atoms with van der Waals surface area (Å²) in [5.41, 5.74) is -0.708. The quantitative estimate of drug-likeness (QED) is 0.104. The van der Waals surface area contributed by atoms with Crippen molar-refractivity contribution in [1.29, 1.82) is 0 Å². The monoisotopic (exact) mass is 601 g/mol. The molecule has 244 valence electrons. The molecule has 5 N–H and O–H groups in total. The summed E-state index contributed by atoms with van der Waals surface area (Å²) in [6, 6.07) is 5.04. The van der Waals surface area contributed by atoms with Crippen LogP contribution in [0.2, 0.25) is 0 Å². The van der Waals surface area contributed by atoms with Gasteiger partial charge in [0.2, 0.25) is 12.0 Å². The molecule has 1 aliphatic heterocycles. The summed E-state index contributed by atoms with van der Waals surface area (Å²) in [5.74, 6) is 0.820. The number of rotatable bonds is 21. The molecule has 2 rings (SSSR count). The van der Waals surface area contributed by atoms with E-state index in [4.69, 9.17) is 28.4 Å². The minimum Gasteiger partial charge on any atom is -0.493 e. The van der Waals surface area contributed by atoms with E-state index in [-0.39, 0.29) is 12.2 Å². The van der Waals surface area contributed by atoms with Crippen LogP contribution in [-0.2, 0) is 14.2 Å². The second kappa shape index (κ2) is 18.9. The third kappa shape index (κ3) is 11.1. The van der Waals surface area contributed by atoms with Crippen molar-refractivity contribution in [3.63, 3.8) is 0 Å². The molecule has 1 aromatic rings. The van der Waals surface area contributed by atoms with Crippen molar-refractivity contribution in [2.45, 2.75) is 134 Å². The minimum absolute atomic E-state index is 0.164. The topological polar surface area (TPSA) is 148 Å². The predicted octanol–water partition coefficient (Wildman–Crippen LogP) is 3.49. The highest BCUT2D eigenvalue weighted by molar-refractivity contribution is 5.51. The Morgan fingerprint density at radius 1 is 1.02 bits per heavy atom. The second-order valence-corrected chi connectivity index (χ2v) is 11.3. The average molecular weight is 602 g/mol. The second-order valence-electron chi connectivity index (χ2n) is 11.3. The van der Waals surface area contributed by atoms with E-state index < -0.39 is 55.4 Å². The largest absolute Gasteiger partial charge is 0.493 e. The van der Waals surface area contributed by atoms with Gasteiger partial charge in [0.1, 0.15) is 6.10 Å². The summed E-state index contributed by atoms with van der Waals surface area (Å²) in [7, 11) is 2.93. The van der Waals surface area contributed by atoms with E-state index in [1.165, 1.54) is 59.7 Å². The van der Waals surface area contributed by atoms with E-state index in [0.717, 1.165) is 19.4 Å². The summed E-state index contributed by atoms with van der Waals surface area (Å²) in [5, 5.41) is 44.9. The molecular weight excluding hydrogens is 546 g/mol. The normalized spacial score (nSPS) is 25.4. The molecule has 0 aliphatic carbocycles. The molecule has 0 aromatic heterocycles. The molecule has 8 unspecified atom stereocenters. The molecular formula is C31H55NO10. The smallest absolute Gasteiger partial charge is 0.231 e. The van der Waals surface area contributed by atoms with Crippen LogP contribution in [0.1, 0.15) is 85.5 Å². The molecule has 11 heteroatoms. The van der Waals surface area contributed by atoms with E-state index in [1.807, 2.05) is 6.92 Å². The summed E-state index contributed by atoms with van der Waals surface area (Å²) < 4.78 is 34.7. The van der Waals surface area contributed by atoms with E-state index in [0.29, 0.717) is 11.5 Å². The van der Waals surface area contributed by atoms with Crippen molar-refractivity contribution < 1.29 is 48.8 Å². The SMILES string of the molecule is CCCCCCCCCCNC1(C)CC(OC(C(C)O)C(Oc2c(OC)cccc2OC)OC(O)CO)OC(C)C1O. The zero-order chi connectivity index (χ0) is 31.1. The zero-order valence-corrected chi connectivity index (χ0v) is 26.3. The van der Waals surface area contributed by atoms with E-state index in [9.17, 15) is 20.4 Å². The highest BCUT2D eigenvalue weighted by Gasteiger charge is 2.46. The van der Waals surface area contributed by atoms with Crippen molar-refractivity contribution >= 4 is 0 Å². The lowest BCUT2D eigenvalue weighted by molar-refractivity contribution is -0.312. The maximum absolute atomic E-state index is 11.0. The van der Waals surface area contributed by atoms with Crippen molar-refractivity contribution in [2.75, 3.05) is 27.4 Å². The van der Waals surface area contributed by atoms with Gasteiger partial charge in [-0.15, -0.1) is 0 Å². The van der Waals surface area contributed by atoms with Gasteiger partial charge in [0.15, 0.2) is 24.1 Å². The number of aliphatic hydroxyl groups excluding tert-OH is 4. The Morgan fingerprint density at radius 2 is 1.62 bits per heavy atom. The maximum Gasteiger partial charge on any atom is 0.231 e. The number of ether oxygens (including phenoxy) is 6. The van der Waals surface area contributed by atoms with E-state index in [2.05, 4.69) is 12.2 Å². The molecule has 42 heavy (non-hydrogen) atoms. The van der Waals surface area contributed by atoms with E-state index in [1.54, 1.807) is 25.1 Å². The van der Waals surface area contributed by atoms with Crippen molar-refractivity contribution in [3.05, 3.63) is 18.2 Å². The highest BCUT2D eigenvalue weighted by atomic mass is 16.8. The highest BCUT2D eigenvalue weighted by Crippen LogP contribution is 2.39. The number of unbranched alkanes of at least 4 members (excludes halogenated alkanes) is 7. The van der Waals surface area contributed by atoms with Crippen LogP contribution in [0.4, 0.5) is 0 Å². The van der Waals surface area contributed by atoms with Gasteiger partial charge in [-0.05, 0) is 45.9 Å². The summed E-state index contributed by atoms with van der Waals surface area (Å²) in [6.07, 6.45) is 2.44. The van der Waals surface area contributed by atoms with Crippen LogP contribution in [0, 0.1) is 0 Å². The van der Waals surface area contributed by atoms with Gasteiger partial charge in [-0.2, -0.15) is 0 Å². The molecule has 0 amide bonds. The fourth-order valence-corrected chi connectivity index (χ4v) is 5.24. The van der Waals surface area contributed by atoms with Crippen molar-refractivity contribution in [1.82, 2.24) is 5.32 Å². The molecule has 0 spiro atoms. The van der Waals surface area contributed by atoms with Crippen LogP contribution in [0.25, 0.3) is 0 Å². The van der Waals surface area contributed by atoms with Gasteiger partial charge >= 0.3 is 0 Å². The lowest BCUT2D eigenvalue weighted by Crippen LogP contribution is -2.63. The third-order valence-corrected chi connectivity index (χ3v) is 7.73. The number of aliphatic hydroxyl groups is 4. The fourth-order valence-electron chi connectivity index (χ4n) is 5.24. The molecule has 0 saturated carbocycles. The first-order valence-corrected chi connectivity index (χ1v) is 15.3. The lowest BCUT2D eigenvalue weighted by Gasteiger charge is -2.47. The number of hydrogen-bond acceptors (Lipinski definition) is 11. The number of para-hydroxylation sites is 1. The Morgan fingerprint density at radius 3 is 2.17 bits per heavy atom. The molecule has 8 atom stereocenters. The number of benzene rings is 1. The lowest BCUT2D eigenvalue weighted by atomic mass is 9.85. The molecule has 1 aromatic carbocycles. The Bertz CT molecular complexity index is 852. The van der Waals surface area contributed by atoms with Gasteiger partial charge in [-0.3, -0.25) is 0 Å². The maximum atomic E-state index is 11.0. The fraction of sp³-hybridized carbons (Fsp3) is 0.806. The van der Waals surface area contributed by atoms with Gasteiger partial charge in [0, 0.05) is 12.0 Å². The Kier molecular flexibility index (Phi) is 16.4. The molecule has 11 nitrogen and oxygen atoms in total. The number of hydrogen-bond donors (Lipinski definition) is 5. The van der Waals surface area contributed by atoms with Gasteiger partial charge in [0.05, 0.1) is 39.1 Å². The zero-order valence-electron chi connectivity index (χ0n) is 26.3. The first kappa shape index (κ1) is 36.5.